The molecule has 0 heterocycles. The van der Waals surface area contributed by atoms with Gasteiger partial charge in [-0.1, -0.05) is 36.4 Å². The number of halogens is 1. The van der Waals surface area contributed by atoms with Gasteiger partial charge in [-0.25, -0.2) is 0 Å². The summed E-state index contributed by atoms with van der Waals surface area (Å²) in [6.07, 6.45) is 0.463. The van der Waals surface area contributed by atoms with E-state index in [1.807, 2.05) is 36.4 Å². The Balaban J connectivity index is 2.49. The van der Waals surface area contributed by atoms with Crippen LogP contribution in [-0.2, 0) is 6.42 Å². The monoisotopic (exact) mass is 173 g/mol. The van der Waals surface area contributed by atoms with E-state index in [-0.39, 0.29) is 6.67 Å². The Labute approximate surface area is 77.0 Å². The number of fused-ring (bicyclic) bond motifs is 1. The minimum absolute atomic E-state index is 0.311. The smallest absolute Gasteiger partial charge is 0.0934 e. The first kappa shape index (κ1) is 8.24. The van der Waals surface area contributed by atoms with Gasteiger partial charge in [0.25, 0.3) is 0 Å². The molecule has 0 spiro atoms. The van der Waals surface area contributed by atoms with Crippen LogP contribution in [0.2, 0.25) is 0 Å². The summed E-state index contributed by atoms with van der Waals surface area (Å²) < 4.78 is 12.1. The van der Waals surface area contributed by atoms with Gasteiger partial charge in [0.05, 0.1) is 6.67 Å². The second kappa shape index (κ2) is 3.56. The average Bonchev–Trinajstić information content (AvgIpc) is 2.18. The summed E-state index contributed by atoms with van der Waals surface area (Å²) >= 11 is 0. The van der Waals surface area contributed by atoms with Crippen molar-refractivity contribution in [1.82, 2.24) is 0 Å². The summed E-state index contributed by atoms with van der Waals surface area (Å²) in [5, 5.41) is 2.22. The van der Waals surface area contributed by atoms with E-state index in [1.165, 1.54) is 0 Å². The first-order valence-electron chi connectivity index (χ1n) is 4.36. The molecule has 0 aliphatic carbocycles. The number of rotatable bonds is 2. The zero-order valence-electron chi connectivity index (χ0n) is 7.26. The van der Waals surface area contributed by atoms with Crippen LogP contribution >= 0.6 is 0 Å². The zero-order valence-corrected chi connectivity index (χ0v) is 7.26. The van der Waals surface area contributed by atoms with Gasteiger partial charge in [0.15, 0.2) is 0 Å². The lowest BCUT2D eigenvalue weighted by atomic mass is 10.1. The fraction of sp³-hybridized carbons (Fsp3) is 0.167. The largest absolute Gasteiger partial charge is 0.251 e. The van der Waals surface area contributed by atoms with Crippen molar-refractivity contribution in [2.75, 3.05) is 6.67 Å². The molecule has 0 nitrogen and oxygen atoms in total. The van der Waals surface area contributed by atoms with Gasteiger partial charge in [0.2, 0.25) is 0 Å². The van der Waals surface area contributed by atoms with E-state index in [0.717, 1.165) is 16.3 Å². The van der Waals surface area contributed by atoms with Crippen molar-refractivity contribution in [2.45, 2.75) is 6.42 Å². The second-order valence-corrected chi connectivity index (χ2v) is 3.01. The summed E-state index contributed by atoms with van der Waals surface area (Å²) in [6, 6.07) is 15.1. The van der Waals surface area contributed by atoms with Crippen LogP contribution in [0.1, 0.15) is 5.56 Å². The summed E-state index contributed by atoms with van der Waals surface area (Å²) in [5.41, 5.74) is 0.946. The van der Waals surface area contributed by atoms with Crippen molar-refractivity contribution < 1.29 is 4.39 Å². The van der Waals surface area contributed by atoms with Crippen LogP contribution in [0.3, 0.4) is 0 Å². The molecule has 0 bridgehead atoms. The molecular formula is C12H10F. The van der Waals surface area contributed by atoms with Crippen LogP contribution in [0.25, 0.3) is 10.8 Å². The summed E-state index contributed by atoms with van der Waals surface area (Å²) in [7, 11) is 0. The van der Waals surface area contributed by atoms with Crippen LogP contribution in [0.15, 0.2) is 36.4 Å². The number of aryl methyl sites for hydroxylation is 1. The van der Waals surface area contributed by atoms with E-state index in [4.69, 9.17) is 0 Å². The number of benzene rings is 2. The summed E-state index contributed by atoms with van der Waals surface area (Å²) in [6.45, 7) is -0.311. The predicted molar refractivity (Wildman–Crippen MR) is 52.5 cm³/mol. The Morgan fingerprint density at radius 3 is 2.77 bits per heavy atom. The highest BCUT2D eigenvalue weighted by Crippen LogP contribution is 2.14. The molecular weight excluding hydrogens is 163 g/mol. The molecule has 13 heavy (non-hydrogen) atoms. The molecule has 0 fully saturated rings. The van der Waals surface area contributed by atoms with Gasteiger partial charge in [0, 0.05) is 6.42 Å². The average molecular weight is 173 g/mol. The number of hydrogen-bond acceptors (Lipinski definition) is 0. The fourth-order valence-electron chi connectivity index (χ4n) is 1.41. The van der Waals surface area contributed by atoms with E-state index in [1.54, 1.807) is 0 Å². The van der Waals surface area contributed by atoms with Gasteiger partial charge >= 0.3 is 0 Å². The molecule has 0 saturated carbocycles. The standard InChI is InChI=1S/C12H10F/c13-8-7-10-5-6-11-3-1-2-4-12(11)9-10/h1-6H,7-8H2. The normalized spacial score (nSPS) is 10.5. The fourth-order valence-corrected chi connectivity index (χ4v) is 1.41. The molecule has 0 amide bonds. The van der Waals surface area contributed by atoms with Crippen molar-refractivity contribution in [3.63, 3.8) is 0 Å². The van der Waals surface area contributed by atoms with Gasteiger partial charge in [-0.05, 0) is 22.4 Å². The molecule has 0 aliphatic rings. The van der Waals surface area contributed by atoms with Gasteiger partial charge in [0.1, 0.15) is 0 Å². The highest BCUT2D eigenvalue weighted by Gasteiger charge is 1.95. The third kappa shape index (κ3) is 1.69. The third-order valence-corrected chi connectivity index (χ3v) is 2.08. The predicted octanol–water partition coefficient (Wildman–Crippen LogP) is 3.15. The molecule has 1 heteroatoms. The minimum Gasteiger partial charge on any atom is -0.251 e. The maximum atomic E-state index is 12.1. The number of hydrogen-bond donors (Lipinski definition) is 0. The lowest BCUT2D eigenvalue weighted by Crippen LogP contribution is -1.86. The molecule has 2 rings (SSSR count). The lowest BCUT2D eigenvalue weighted by Gasteiger charge is -1.99. The van der Waals surface area contributed by atoms with Crippen LogP contribution in [0.4, 0.5) is 4.39 Å². The molecule has 0 N–H and O–H groups in total. The SMILES string of the molecule is FCCc1[c]c2ccccc2cc1. The molecule has 65 valence electrons. The van der Waals surface area contributed by atoms with Crippen LogP contribution in [0, 0.1) is 6.07 Å². The minimum atomic E-state index is -0.311. The zero-order chi connectivity index (χ0) is 9.10. The Morgan fingerprint density at radius 2 is 1.92 bits per heavy atom. The Kier molecular flexibility index (Phi) is 2.26. The molecule has 2 aromatic carbocycles. The molecule has 0 unspecified atom stereocenters. The molecule has 2 aromatic rings. The highest BCUT2D eigenvalue weighted by atomic mass is 19.1. The molecule has 0 aliphatic heterocycles. The van der Waals surface area contributed by atoms with Crippen molar-refractivity contribution >= 4 is 10.8 Å². The maximum absolute atomic E-state index is 12.1. The van der Waals surface area contributed by atoms with E-state index in [2.05, 4.69) is 6.07 Å². The van der Waals surface area contributed by atoms with Crippen LogP contribution in [0.5, 0.6) is 0 Å². The van der Waals surface area contributed by atoms with Crippen molar-refractivity contribution in [3.05, 3.63) is 48.0 Å². The topological polar surface area (TPSA) is 0 Å². The summed E-state index contributed by atoms with van der Waals surface area (Å²) in [5.74, 6) is 0. The van der Waals surface area contributed by atoms with Crippen molar-refractivity contribution in [2.24, 2.45) is 0 Å². The molecule has 1 radical (unpaired) electrons. The first-order valence-corrected chi connectivity index (χ1v) is 4.36. The van der Waals surface area contributed by atoms with E-state index >= 15 is 0 Å². The molecule has 0 saturated heterocycles. The van der Waals surface area contributed by atoms with E-state index in [9.17, 15) is 4.39 Å². The van der Waals surface area contributed by atoms with E-state index < -0.39 is 0 Å². The Bertz CT molecular complexity index is 407. The quantitative estimate of drug-likeness (QED) is 0.654. The highest BCUT2D eigenvalue weighted by molar-refractivity contribution is 5.82. The second-order valence-electron chi connectivity index (χ2n) is 3.01. The molecule has 0 atom stereocenters. The van der Waals surface area contributed by atoms with Crippen LogP contribution in [-0.4, -0.2) is 6.67 Å². The van der Waals surface area contributed by atoms with Crippen molar-refractivity contribution in [3.8, 4) is 0 Å². The summed E-state index contributed by atoms with van der Waals surface area (Å²) in [4.78, 5) is 0. The molecule has 0 aromatic heterocycles. The lowest BCUT2D eigenvalue weighted by molar-refractivity contribution is 0.495. The first-order chi connectivity index (χ1) is 6.40. The Hall–Kier alpha value is -1.37. The third-order valence-electron chi connectivity index (χ3n) is 2.08. The van der Waals surface area contributed by atoms with Crippen LogP contribution < -0.4 is 0 Å². The van der Waals surface area contributed by atoms with Gasteiger partial charge in [-0.2, -0.15) is 0 Å². The van der Waals surface area contributed by atoms with Crippen molar-refractivity contribution in [1.29, 1.82) is 0 Å². The van der Waals surface area contributed by atoms with Gasteiger partial charge < -0.3 is 0 Å². The van der Waals surface area contributed by atoms with Gasteiger partial charge in [-0.3, -0.25) is 4.39 Å². The maximum Gasteiger partial charge on any atom is 0.0934 e. The van der Waals surface area contributed by atoms with Gasteiger partial charge in [-0.15, -0.1) is 0 Å². The van der Waals surface area contributed by atoms with E-state index in [0.29, 0.717) is 6.42 Å². The Morgan fingerprint density at radius 1 is 1.08 bits per heavy atom. The number of alkyl halides is 1.